The van der Waals surface area contributed by atoms with E-state index in [1.807, 2.05) is 0 Å². The number of alkyl halides is 3. The molecule has 1 aromatic heterocycles. The summed E-state index contributed by atoms with van der Waals surface area (Å²) >= 11 is 0. The van der Waals surface area contributed by atoms with E-state index in [0.717, 1.165) is 6.07 Å². The number of methoxy groups -OCH3 is 1. The number of nitrogens with zero attached hydrogens (tertiary/aromatic N) is 1. The van der Waals surface area contributed by atoms with Crippen molar-refractivity contribution in [2.45, 2.75) is 13.3 Å². The van der Waals surface area contributed by atoms with Crippen LogP contribution >= 0.6 is 0 Å². The second-order valence-electron chi connectivity index (χ2n) is 2.48. The number of aryl methyl sites for hydroxylation is 1. The molecular formula is C8H8F3NO2. The minimum absolute atomic E-state index is 0.00942. The molecule has 0 radical (unpaired) electrons. The van der Waals surface area contributed by atoms with E-state index < -0.39 is 6.36 Å². The van der Waals surface area contributed by atoms with Gasteiger partial charge in [-0.05, 0) is 6.92 Å². The van der Waals surface area contributed by atoms with Crippen molar-refractivity contribution in [3.05, 3.63) is 18.0 Å². The summed E-state index contributed by atoms with van der Waals surface area (Å²) < 4.78 is 44.1. The van der Waals surface area contributed by atoms with Gasteiger partial charge in [0.1, 0.15) is 0 Å². The second kappa shape index (κ2) is 3.73. The fourth-order valence-corrected chi connectivity index (χ4v) is 0.983. The molecule has 0 saturated heterocycles. The highest BCUT2D eigenvalue weighted by Gasteiger charge is 2.32. The van der Waals surface area contributed by atoms with Crippen molar-refractivity contribution in [1.82, 2.24) is 4.98 Å². The molecule has 0 aliphatic rings. The predicted molar refractivity (Wildman–Crippen MR) is 42.2 cm³/mol. The van der Waals surface area contributed by atoms with E-state index in [4.69, 9.17) is 4.74 Å². The molecule has 0 spiro atoms. The number of pyridine rings is 1. The van der Waals surface area contributed by atoms with E-state index >= 15 is 0 Å². The van der Waals surface area contributed by atoms with Crippen LogP contribution in [0.25, 0.3) is 0 Å². The van der Waals surface area contributed by atoms with Crippen LogP contribution in [0.5, 0.6) is 11.5 Å². The first-order valence-corrected chi connectivity index (χ1v) is 3.69. The molecule has 0 aromatic carbocycles. The Kier molecular flexibility index (Phi) is 2.83. The molecule has 1 aromatic rings. The molecule has 0 atom stereocenters. The molecule has 0 fully saturated rings. The Morgan fingerprint density at radius 1 is 1.36 bits per heavy atom. The normalized spacial score (nSPS) is 11.2. The highest BCUT2D eigenvalue weighted by atomic mass is 19.4. The zero-order valence-electron chi connectivity index (χ0n) is 7.55. The molecule has 0 unspecified atom stereocenters. The molecular weight excluding hydrogens is 199 g/mol. The lowest BCUT2D eigenvalue weighted by Gasteiger charge is -2.12. The van der Waals surface area contributed by atoms with Gasteiger partial charge >= 0.3 is 6.36 Å². The van der Waals surface area contributed by atoms with Gasteiger partial charge in [0.15, 0.2) is 11.5 Å². The van der Waals surface area contributed by atoms with Gasteiger partial charge in [-0.1, -0.05) is 0 Å². The number of hydrogen-bond acceptors (Lipinski definition) is 3. The fourth-order valence-electron chi connectivity index (χ4n) is 0.983. The summed E-state index contributed by atoms with van der Waals surface area (Å²) in [5, 5.41) is 0. The van der Waals surface area contributed by atoms with Crippen LogP contribution in [-0.2, 0) is 0 Å². The minimum atomic E-state index is -4.72. The molecule has 0 aliphatic carbocycles. The van der Waals surface area contributed by atoms with Gasteiger partial charge in [-0.3, -0.25) is 4.98 Å². The topological polar surface area (TPSA) is 31.4 Å². The van der Waals surface area contributed by atoms with Gasteiger partial charge in [0.25, 0.3) is 0 Å². The Balaban J connectivity index is 3.02. The first kappa shape index (κ1) is 10.6. The van der Waals surface area contributed by atoms with Crippen LogP contribution in [0, 0.1) is 6.92 Å². The van der Waals surface area contributed by atoms with Crippen molar-refractivity contribution < 1.29 is 22.6 Å². The lowest BCUT2D eigenvalue weighted by molar-refractivity contribution is -0.275. The molecule has 78 valence electrons. The average Bonchev–Trinajstić information content (AvgIpc) is 2.01. The molecule has 6 heteroatoms. The molecule has 14 heavy (non-hydrogen) atoms. The molecule has 3 nitrogen and oxygen atoms in total. The standard InChI is InChI=1S/C8H8F3NO2/c1-5-7(13-2)6(3-4-12-5)14-8(9,10)11/h3-4H,1-2H3. The first-order chi connectivity index (χ1) is 6.44. The monoisotopic (exact) mass is 207 g/mol. The zero-order chi connectivity index (χ0) is 10.8. The van der Waals surface area contributed by atoms with Crippen LogP contribution in [0.1, 0.15) is 5.69 Å². The predicted octanol–water partition coefficient (Wildman–Crippen LogP) is 2.30. The number of halogens is 3. The van der Waals surface area contributed by atoms with E-state index in [9.17, 15) is 13.2 Å². The highest BCUT2D eigenvalue weighted by Crippen LogP contribution is 2.33. The third-order valence-electron chi connectivity index (χ3n) is 1.48. The van der Waals surface area contributed by atoms with Crippen LogP contribution in [0.4, 0.5) is 13.2 Å². The quantitative estimate of drug-likeness (QED) is 0.745. The number of hydrogen-bond donors (Lipinski definition) is 0. The summed E-state index contributed by atoms with van der Waals surface area (Å²) in [6, 6.07) is 1.10. The van der Waals surface area contributed by atoms with Crippen molar-refractivity contribution in [1.29, 1.82) is 0 Å². The maximum absolute atomic E-state index is 11.9. The maximum Gasteiger partial charge on any atom is 0.573 e. The molecule has 1 rings (SSSR count). The van der Waals surface area contributed by atoms with Crippen LogP contribution in [0.3, 0.4) is 0 Å². The van der Waals surface area contributed by atoms with E-state index in [0.29, 0.717) is 5.69 Å². The lowest BCUT2D eigenvalue weighted by atomic mass is 10.3. The van der Waals surface area contributed by atoms with Crippen molar-refractivity contribution in [3.8, 4) is 11.5 Å². The van der Waals surface area contributed by atoms with Crippen molar-refractivity contribution in [3.63, 3.8) is 0 Å². The lowest BCUT2D eigenvalue weighted by Crippen LogP contribution is -2.17. The first-order valence-electron chi connectivity index (χ1n) is 3.69. The van der Waals surface area contributed by atoms with E-state index in [1.54, 1.807) is 0 Å². The summed E-state index contributed by atoms with van der Waals surface area (Å²) in [6.45, 7) is 1.53. The Morgan fingerprint density at radius 3 is 2.50 bits per heavy atom. The molecule has 0 N–H and O–H groups in total. The minimum Gasteiger partial charge on any atom is -0.491 e. The molecule has 0 bridgehead atoms. The van der Waals surface area contributed by atoms with Gasteiger partial charge in [-0.25, -0.2) is 0 Å². The van der Waals surface area contributed by atoms with Crippen molar-refractivity contribution >= 4 is 0 Å². The van der Waals surface area contributed by atoms with Crippen LogP contribution in [0.2, 0.25) is 0 Å². The van der Waals surface area contributed by atoms with E-state index in [-0.39, 0.29) is 11.5 Å². The van der Waals surface area contributed by atoms with Gasteiger partial charge in [-0.15, -0.1) is 13.2 Å². The summed E-state index contributed by atoms with van der Waals surface area (Å²) in [5.41, 5.74) is 0.342. The highest BCUT2D eigenvalue weighted by molar-refractivity contribution is 5.41. The van der Waals surface area contributed by atoms with Crippen molar-refractivity contribution in [2.24, 2.45) is 0 Å². The third-order valence-corrected chi connectivity index (χ3v) is 1.48. The van der Waals surface area contributed by atoms with E-state index in [1.165, 1.54) is 20.2 Å². The zero-order valence-corrected chi connectivity index (χ0v) is 7.55. The van der Waals surface area contributed by atoms with Gasteiger partial charge in [0.2, 0.25) is 0 Å². The second-order valence-corrected chi connectivity index (χ2v) is 2.48. The van der Waals surface area contributed by atoms with Gasteiger partial charge in [0.05, 0.1) is 12.8 Å². The summed E-state index contributed by atoms with van der Waals surface area (Å²) in [5.74, 6) is -0.391. The van der Waals surface area contributed by atoms with Gasteiger partial charge in [0, 0.05) is 12.3 Å². The van der Waals surface area contributed by atoms with Gasteiger partial charge in [-0.2, -0.15) is 0 Å². The fraction of sp³-hybridized carbons (Fsp3) is 0.375. The largest absolute Gasteiger partial charge is 0.573 e. The smallest absolute Gasteiger partial charge is 0.491 e. The molecule has 0 amide bonds. The molecule has 1 heterocycles. The number of aromatic nitrogens is 1. The summed E-state index contributed by atoms with van der Waals surface area (Å²) in [7, 11) is 1.26. The van der Waals surface area contributed by atoms with E-state index in [2.05, 4.69) is 9.72 Å². The summed E-state index contributed by atoms with van der Waals surface area (Å²) in [6.07, 6.45) is -3.50. The van der Waals surface area contributed by atoms with Crippen LogP contribution in [0.15, 0.2) is 12.3 Å². The Morgan fingerprint density at radius 2 is 2.00 bits per heavy atom. The van der Waals surface area contributed by atoms with Crippen molar-refractivity contribution in [2.75, 3.05) is 7.11 Å². The molecule has 0 saturated carbocycles. The molecule has 0 aliphatic heterocycles. The average molecular weight is 207 g/mol. The Labute approximate surface area is 78.5 Å². The van der Waals surface area contributed by atoms with Crippen LogP contribution < -0.4 is 9.47 Å². The maximum atomic E-state index is 11.9. The number of ether oxygens (including phenoxy) is 2. The SMILES string of the molecule is COc1c(OC(F)(F)F)ccnc1C. The van der Waals surface area contributed by atoms with Gasteiger partial charge < -0.3 is 9.47 Å². The van der Waals surface area contributed by atoms with Crippen LogP contribution in [-0.4, -0.2) is 18.5 Å². The number of rotatable bonds is 2. The summed E-state index contributed by atoms with van der Waals surface area (Å²) in [4.78, 5) is 3.77. The Hall–Kier alpha value is -1.46. The Bertz CT molecular complexity index is 325. The third kappa shape index (κ3) is 2.51.